The normalized spacial score (nSPS) is 11.3. The van der Waals surface area contributed by atoms with Crippen molar-refractivity contribution in [2.75, 3.05) is 11.9 Å². The predicted octanol–water partition coefficient (Wildman–Crippen LogP) is 5.46. The molecule has 2 N–H and O–H groups in total. The van der Waals surface area contributed by atoms with Gasteiger partial charge in [0.2, 0.25) is 5.91 Å². The lowest BCUT2D eigenvalue weighted by molar-refractivity contribution is -0.115. The molecule has 1 aromatic heterocycles. The van der Waals surface area contributed by atoms with Crippen LogP contribution in [0.2, 0.25) is 10.0 Å². The monoisotopic (exact) mass is 472 g/mol. The van der Waals surface area contributed by atoms with Crippen LogP contribution in [0.4, 0.5) is 5.82 Å². The summed E-state index contributed by atoms with van der Waals surface area (Å²) >= 11 is 11.9. The Balaban J connectivity index is 1.80. The molecular formula is C24H26Cl2N4O2. The van der Waals surface area contributed by atoms with E-state index in [1.165, 1.54) is 12.1 Å². The van der Waals surface area contributed by atoms with E-state index in [-0.39, 0.29) is 28.5 Å². The fraction of sp³-hybridized carbons (Fsp3) is 0.292. The van der Waals surface area contributed by atoms with E-state index < -0.39 is 5.91 Å². The molecule has 0 aliphatic carbocycles. The first-order valence-electron chi connectivity index (χ1n) is 10.2. The second-order valence-corrected chi connectivity index (χ2v) is 9.57. The minimum Gasteiger partial charge on any atom is -0.343 e. The SMILES string of the molecule is Cc1ccc(-n2nc(C(C)(C)C)cc2NC(=O)CNC(=O)c2ccc(Cl)cc2Cl)c(C)c1. The Morgan fingerprint density at radius 1 is 1.03 bits per heavy atom. The van der Waals surface area contributed by atoms with Crippen LogP contribution in [0.25, 0.3) is 5.69 Å². The highest BCUT2D eigenvalue weighted by atomic mass is 35.5. The lowest BCUT2D eigenvalue weighted by atomic mass is 9.92. The number of amides is 2. The number of carbonyl (C=O) groups is 2. The summed E-state index contributed by atoms with van der Waals surface area (Å²) in [7, 11) is 0. The molecule has 0 atom stereocenters. The van der Waals surface area contributed by atoms with Gasteiger partial charge in [0.15, 0.2) is 0 Å². The number of halogens is 2. The molecule has 0 aliphatic heterocycles. The highest BCUT2D eigenvalue weighted by molar-refractivity contribution is 6.36. The average Bonchev–Trinajstić information content (AvgIpc) is 3.10. The largest absolute Gasteiger partial charge is 0.343 e. The standard InChI is InChI=1S/C24H26Cl2N4O2/c1-14-6-9-19(15(2)10-14)30-21(12-20(29-30)24(3,4)5)28-22(31)13-27-23(32)17-8-7-16(25)11-18(17)26/h6-12H,13H2,1-5H3,(H,27,32)(H,28,31). The van der Waals surface area contributed by atoms with Gasteiger partial charge >= 0.3 is 0 Å². The van der Waals surface area contributed by atoms with E-state index in [0.29, 0.717) is 10.8 Å². The fourth-order valence-electron chi connectivity index (χ4n) is 3.18. The van der Waals surface area contributed by atoms with Crippen molar-refractivity contribution in [3.8, 4) is 5.69 Å². The van der Waals surface area contributed by atoms with Crippen LogP contribution in [-0.4, -0.2) is 28.1 Å². The highest BCUT2D eigenvalue weighted by Gasteiger charge is 2.22. The van der Waals surface area contributed by atoms with Crippen LogP contribution in [0.3, 0.4) is 0 Å². The molecule has 0 radical (unpaired) electrons. The summed E-state index contributed by atoms with van der Waals surface area (Å²) in [5.74, 6) is -0.305. The maximum Gasteiger partial charge on any atom is 0.253 e. The van der Waals surface area contributed by atoms with Gasteiger partial charge in [0.1, 0.15) is 5.82 Å². The zero-order valence-corrected chi connectivity index (χ0v) is 20.2. The predicted molar refractivity (Wildman–Crippen MR) is 129 cm³/mol. The van der Waals surface area contributed by atoms with Gasteiger partial charge in [-0.05, 0) is 43.7 Å². The molecule has 0 unspecified atom stereocenters. The van der Waals surface area contributed by atoms with Gasteiger partial charge in [-0.3, -0.25) is 9.59 Å². The van der Waals surface area contributed by atoms with Gasteiger partial charge in [-0.2, -0.15) is 5.10 Å². The Labute approximate surface area is 197 Å². The quantitative estimate of drug-likeness (QED) is 0.517. The number of hydrogen-bond acceptors (Lipinski definition) is 3. The molecule has 3 rings (SSSR count). The van der Waals surface area contributed by atoms with Gasteiger partial charge in [0, 0.05) is 16.5 Å². The first-order valence-corrected chi connectivity index (χ1v) is 10.9. The highest BCUT2D eigenvalue weighted by Crippen LogP contribution is 2.28. The van der Waals surface area contributed by atoms with Crippen molar-refractivity contribution in [2.24, 2.45) is 0 Å². The average molecular weight is 473 g/mol. The number of carbonyl (C=O) groups excluding carboxylic acids is 2. The number of nitrogens with zero attached hydrogens (tertiary/aromatic N) is 2. The number of aryl methyl sites for hydroxylation is 2. The summed E-state index contributed by atoms with van der Waals surface area (Å²) in [4.78, 5) is 25.0. The Hall–Kier alpha value is -2.83. The maximum atomic E-state index is 12.6. The van der Waals surface area contributed by atoms with Crippen LogP contribution in [0.1, 0.15) is 48.0 Å². The molecule has 2 amide bonds. The van der Waals surface area contributed by atoms with Crippen molar-refractivity contribution >= 4 is 40.8 Å². The second-order valence-electron chi connectivity index (χ2n) is 8.72. The van der Waals surface area contributed by atoms with Crippen molar-refractivity contribution in [3.63, 3.8) is 0 Å². The lowest BCUT2D eigenvalue weighted by Gasteiger charge is -2.14. The number of hydrogen-bond donors (Lipinski definition) is 2. The third-order valence-corrected chi connectivity index (χ3v) is 5.46. The number of rotatable bonds is 5. The van der Waals surface area contributed by atoms with Gasteiger partial charge in [0.05, 0.1) is 28.5 Å². The van der Waals surface area contributed by atoms with E-state index in [4.69, 9.17) is 28.3 Å². The van der Waals surface area contributed by atoms with Crippen LogP contribution >= 0.6 is 23.2 Å². The summed E-state index contributed by atoms with van der Waals surface area (Å²) < 4.78 is 1.73. The first-order chi connectivity index (χ1) is 15.0. The molecule has 6 nitrogen and oxygen atoms in total. The van der Waals surface area contributed by atoms with Crippen molar-refractivity contribution in [3.05, 3.63) is 74.9 Å². The molecule has 1 heterocycles. The fourth-order valence-corrected chi connectivity index (χ4v) is 3.67. The zero-order valence-electron chi connectivity index (χ0n) is 18.7. The molecular weight excluding hydrogens is 447 g/mol. The van der Waals surface area contributed by atoms with Crippen molar-refractivity contribution < 1.29 is 9.59 Å². The van der Waals surface area contributed by atoms with E-state index in [2.05, 4.69) is 37.5 Å². The minimum atomic E-state index is -0.458. The van der Waals surface area contributed by atoms with E-state index in [0.717, 1.165) is 22.5 Å². The number of aromatic nitrogens is 2. The smallest absolute Gasteiger partial charge is 0.253 e. The first kappa shape index (κ1) is 23.8. The third kappa shape index (κ3) is 5.50. The molecule has 32 heavy (non-hydrogen) atoms. The molecule has 0 fully saturated rings. The van der Waals surface area contributed by atoms with Gasteiger partial charge in [0.25, 0.3) is 5.91 Å². The molecule has 3 aromatic rings. The Kier molecular flexibility index (Phi) is 6.96. The molecule has 168 valence electrons. The van der Waals surface area contributed by atoms with Crippen LogP contribution in [0.15, 0.2) is 42.5 Å². The van der Waals surface area contributed by atoms with Gasteiger partial charge in [-0.1, -0.05) is 61.7 Å². The third-order valence-electron chi connectivity index (χ3n) is 4.91. The summed E-state index contributed by atoms with van der Waals surface area (Å²) in [6.45, 7) is 9.98. The molecule has 2 aromatic carbocycles. The summed E-state index contributed by atoms with van der Waals surface area (Å²) in [5.41, 5.74) is 3.93. The van der Waals surface area contributed by atoms with Gasteiger partial charge in [-0.25, -0.2) is 4.68 Å². The molecule has 0 aliphatic rings. The molecule has 0 spiro atoms. The molecule has 0 saturated heterocycles. The van der Waals surface area contributed by atoms with Crippen LogP contribution in [0.5, 0.6) is 0 Å². The number of anilines is 1. The van der Waals surface area contributed by atoms with E-state index >= 15 is 0 Å². The van der Waals surface area contributed by atoms with E-state index in [9.17, 15) is 9.59 Å². The summed E-state index contributed by atoms with van der Waals surface area (Å²) in [6.07, 6.45) is 0. The van der Waals surface area contributed by atoms with Gasteiger partial charge in [-0.15, -0.1) is 0 Å². The Morgan fingerprint density at radius 3 is 2.38 bits per heavy atom. The van der Waals surface area contributed by atoms with Crippen molar-refractivity contribution in [1.82, 2.24) is 15.1 Å². The Bertz CT molecular complexity index is 1180. The topological polar surface area (TPSA) is 76.0 Å². The van der Waals surface area contributed by atoms with Crippen molar-refractivity contribution in [1.29, 1.82) is 0 Å². The molecule has 8 heteroatoms. The number of benzene rings is 2. The van der Waals surface area contributed by atoms with Crippen LogP contribution in [0, 0.1) is 13.8 Å². The summed E-state index contributed by atoms with van der Waals surface area (Å²) in [5, 5.41) is 10.8. The lowest BCUT2D eigenvalue weighted by Crippen LogP contribution is -2.33. The van der Waals surface area contributed by atoms with Crippen LogP contribution in [-0.2, 0) is 10.2 Å². The maximum absolute atomic E-state index is 12.6. The zero-order chi connectivity index (χ0) is 23.6. The second kappa shape index (κ2) is 9.35. The minimum absolute atomic E-state index is 0.205. The molecule has 0 bridgehead atoms. The molecule has 0 saturated carbocycles. The van der Waals surface area contributed by atoms with Crippen molar-refractivity contribution in [2.45, 2.75) is 40.0 Å². The Morgan fingerprint density at radius 2 is 1.75 bits per heavy atom. The number of nitrogens with one attached hydrogen (secondary N) is 2. The van der Waals surface area contributed by atoms with E-state index in [1.54, 1.807) is 10.7 Å². The van der Waals surface area contributed by atoms with E-state index in [1.807, 2.05) is 32.0 Å². The summed E-state index contributed by atoms with van der Waals surface area (Å²) in [6, 6.07) is 12.5. The van der Waals surface area contributed by atoms with Crippen LogP contribution < -0.4 is 10.6 Å². The van der Waals surface area contributed by atoms with Gasteiger partial charge < -0.3 is 10.6 Å².